The summed E-state index contributed by atoms with van der Waals surface area (Å²) in [5.41, 5.74) is 1.94. The van der Waals surface area contributed by atoms with E-state index in [0.29, 0.717) is 18.1 Å². The molecule has 1 N–H and O–H groups in total. The Hall–Kier alpha value is -2.43. The van der Waals surface area contributed by atoms with E-state index in [1.54, 1.807) is 12.3 Å². The van der Waals surface area contributed by atoms with E-state index in [0.717, 1.165) is 43.2 Å². The van der Waals surface area contributed by atoms with Crippen LogP contribution in [0.5, 0.6) is 5.75 Å². The summed E-state index contributed by atoms with van der Waals surface area (Å²) in [7, 11) is 0. The van der Waals surface area contributed by atoms with E-state index >= 15 is 0 Å². The summed E-state index contributed by atoms with van der Waals surface area (Å²) in [6, 6.07) is 7.41. The van der Waals surface area contributed by atoms with Gasteiger partial charge in [0.25, 0.3) is 5.56 Å². The normalized spacial score (nSPS) is 20.5. The first kappa shape index (κ1) is 16.4. The minimum atomic E-state index is -0.0139. The van der Waals surface area contributed by atoms with Crippen molar-refractivity contribution >= 4 is 6.29 Å². The number of aldehydes is 1. The highest BCUT2D eigenvalue weighted by Crippen LogP contribution is 2.36. The van der Waals surface area contributed by atoms with Gasteiger partial charge in [-0.15, -0.1) is 0 Å². The van der Waals surface area contributed by atoms with E-state index in [1.165, 1.54) is 0 Å². The lowest BCUT2D eigenvalue weighted by molar-refractivity contribution is 0.111. The van der Waals surface area contributed by atoms with Gasteiger partial charge in [0.05, 0.1) is 6.61 Å². The molecule has 0 aliphatic heterocycles. The molecule has 1 fully saturated rings. The summed E-state index contributed by atoms with van der Waals surface area (Å²) in [5.74, 6) is 0.978. The zero-order valence-electron chi connectivity index (χ0n) is 13.8. The fourth-order valence-electron chi connectivity index (χ4n) is 3.51. The number of rotatable bonds is 5. The summed E-state index contributed by atoms with van der Waals surface area (Å²) >= 11 is 0. The molecular formula is C19H22N2O3. The Labute approximate surface area is 141 Å². The SMILES string of the molecule is Cc1ccc(OCC2CCCCC2c2ccc[nH]c2=O)c(C=O)n1. The van der Waals surface area contributed by atoms with Crippen molar-refractivity contribution in [2.45, 2.75) is 38.5 Å². The number of aromatic amines is 1. The number of hydrogen-bond donors (Lipinski definition) is 1. The summed E-state index contributed by atoms with van der Waals surface area (Å²) in [5, 5.41) is 0. The van der Waals surface area contributed by atoms with E-state index in [1.807, 2.05) is 25.1 Å². The molecule has 2 aromatic rings. The van der Waals surface area contributed by atoms with E-state index in [2.05, 4.69) is 9.97 Å². The number of nitrogens with zero attached hydrogens (tertiary/aromatic N) is 1. The van der Waals surface area contributed by atoms with Crippen molar-refractivity contribution in [3.05, 3.63) is 57.8 Å². The smallest absolute Gasteiger partial charge is 0.251 e. The standard InChI is InChI=1S/C19H22N2O3/c1-13-8-9-18(17(11-22)21-13)24-12-14-5-2-3-6-15(14)16-7-4-10-20-19(16)23/h4,7-11,14-15H,2-3,5-6,12H2,1H3,(H,20,23). The Morgan fingerprint density at radius 1 is 1.29 bits per heavy atom. The van der Waals surface area contributed by atoms with Crippen LogP contribution in [0, 0.1) is 12.8 Å². The van der Waals surface area contributed by atoms with E-state index < -0.39 is 0 Å². The molecule has 5 nitrogen and oxygen atoms in total. The number of H-pyrrole nitrogens is 1. The number of nitrogens with one attached hydrogen (secondary N) is 1. The Kier molecular flexibility index (Phi) is 5.08. The number of aryl methyl sites for hydroxylation is 1. The van der Waals surface area contributed by atoms with Crippen LogP contribution in [0.4, 0.5) is 0 Å². The highest BCUT2D eigenvalue weighted by Gasteiger charge is 2.29. The largest absolute Gasteiger partial charge is 0.491 e. The molecule has 0 saturated heterocycles. The molecule has 0 bridgehead atoms. The molecule has 1 aliphatic carbocycles. The van der Waals surface area contributed by atoms with Crippen LogP contribution in [0.15, 0.2) is 35.3 Å². The number of carbonyl (C=O) groups excluding carboxylic acids is 1. The molecule has 2 heterocycles. The van der Waals surface area contributed by atoms with Gasteiger partial charge in [0, 0.05) is 23.4 Å². The third-order valence-electron chi connectivity index (χ3n) is 4.75. The zero-order chi connectivity index (χ0) is 16.9. The van der Waals surface area contributed by atoms with Crippen LogP contribution in [0.25, 0.3) is 0 Å². The molecule has 2 atom stereocenters. The molecule has 0 radical (unpaired) electrons. The summed E-state index contributed by atoms with van der Waals surface area (Å²) < 4.78 is 5.91. The Morgan fingerprint density at radius 2 is 2.12 bits per heavy atom. The molecule has 126 valence electrons. The lowest BCUT2D eigenvalue weighted by atomic mass is 9.76. The minimum absolute atomic E-state index is 0.0139. The Bertz CT molecular complexity index is 769. The third kappa shape index (κ3) is 3.55. The number of aromatic nitrogens is 2. The maximum absolute atomic E-state index is 12.1. The third-order valence-corrected chi connectivity index (χ3v) is 4.75. The molecule has 2 unspecified atom stereocenters. The van der Waals surface area contributed by atoms with Gasteiger partial charge in [-0.3, -0.25) is 9.59 Å². The minimum Gasteiger partial charge on any atom is -0.491 e. The van der Waals surface area contributed by atoms with Crippen LogP contribution < -0.4 is 10.3 Å². The monoisotopic (exact) mass is 326 g/mol. The molecule has 0 spiro atoms. The molecule has 5 heteroatoms. The second-order valence-electron chi connectivity index (χ2n) is 6.37. The van der Waals surface area contributed by atoms with Crippen LogP contribution in [-0.4, -0.2) is 22.9 Å². The van der Waals surface area contributed by atoms with Gasteiger partial charge in [0.2, 0.25) is 0 Å². The van der Waals surface area contributed by atoms with E-state index in [4.69, 9.17) is 4.74 Å². The molecule has 2 aromatic heterocycles. The topological polar surface area (TPSA) is 72.1 Å². The molecule has 0 amide bonds. The van der Waals surface area contributed by atoms with Gasteiger partial charge in [-0.25, -0.2) is 4.98 Å². The number of hydrogen-bond acceptors (Lipinski definition) is 4. The maximum atomic E-state index is 12.1. The summed E-state index contributed by atoms with van der Waals surface area (Å²) in [6.45, 7) is 2.33. The van der Waals surface area contributed by atoms with Gasteiger partial charge in [0.1, 0.15) is 11.4 Å². The van der Waals surface area contributed by atoms with Crippen molar-refractivity contribution in [3.63, 3.8) is 0 Å². The molecular weight excluding hydrogens is 304 g/mol. The average Bonchev–Trinajstić information content (AvgIpc) is 2.61. The van der Waals surface area contributed by atoms with Gasteiger partial charge >= 0.3 is 0 Å². The van der Waals surface area contributed by atoms with Crippen LogP contribution in [0.1, 0.15) is 53.3 Å². The van der Waals surface area contributed by atoms with Gasteiger partial charge in [-0.1, -0.05) is 18.9 Å². The lowest BCUT2D eigenvalue weighted by Crippen LogP contribution is -2.28. The second-order valence-corrected chi connectivity index (χ2v) is 6.37. The van der Waals surface area contributed by atoms with Gasteiger partial charge in [0.15, 0.2) is 6.29 Å². The molecule has 3 rings (SSSR count). The van der Waals surface area contributed by atoms with Crippen LogP contribution in [-0.2, 0) is 0 Å². The highest BCUT2D eigenvalue weighted by molar-refractivity contribution is 5.76. The quantitative estimate of drug-likeness (QED) is 0.856. The predicted molar refractivity (Wildman–Crippen MR) is 91.6 cm³/mol. The molecule has 1 aliphatic rings. The first-order valence-electron chi connectivity index (χ1n) is 8.42. The number of ether oxygens (including phenoxy) is 1. The molecule has 24 heavy (non-hydrogen) atoms. The van der Waals surface area contributed by atoms with E-state index in [9.17, 15) is 9.59 Å². The van der Waals surface area contributed by atoms with Crippen molar-refractivity contribution in [1.82, 2.24) is 9.97 Å². The first-order chi connectivity index (χ1) is 11.7. The van der Waals surface area contributed by atoms with Crippen molar-refractivity contribution in [1.29, 1.82) is 0 Å². The molecule has 0 aromatic carbocycles. The summed E-state index contributed by atoms with van der Waals surface area (Å²) in [4.78, 5) is 30.3. The van der Waals surface area contributed by atoms with Gasteiger partial charge in [-0.2, -0.15) is 0 Å². The van der Waals surface area contributed by atoms with E-state index in [-0.39, 0.29) is 17.4 Å². The van der Waals surface area contributed by atoms with Crippen molar-refractivity contribution in [2.75, 3.05) is 6.61 Å². The van der Waals surface area contributed by atoms with Crippen molar-refractivity contribution < 1.29 is 9.53 Å². The number of carbonyl (C=O) groups is 1. The second kappa shape index (κ2) is 7.43. The first-order valence-corrected chi connectivity index (χ1v) is 8.42. The van der Waals surface area contributed by atoms with Crippen molar-refractivity contribution in [2.24, 2.45) is 5.92 Å². The predicted octanol–water partition coefficient (Wildman–Crippen LogP) is 3.24. The molecule has 1 saturated carbocycles. The summed E-state index contributed by atoms with van der Waals surface area (Å²) in [6.07, 6.45) is 6.67. The Balaban J connectivity index is 1.77. The highest BCUT2D eigenvalue weighted by atomic mass is 16.5. The average molecular weight is 326 g/mol. The number of pyridine rings is 2. The van der Waals surface area contributed by atoms with Crippen LogP contribution in [0.2, 0.25) is 0 Å². The fraction of sp³-hybridized carbons (Fsp3) is 0.421. The van der Waals surface area contributed by atoms with Crippen molar-refractivity contribution in [3.8, 4) is 5.75 Å². The lowest BCUT2D eigenvalue weighted by Gasteiger charge is -2.31. The maximum Gasteiger partial charge on any atom is 0.251 e. The van der Waals surface area contributed by atoms with Gasteiger partial charge in [-0.05, 0) is 43.9 Å². The van der Waals surface area contributed by atoms with Gasteiger partial charge < -0.3 is 9.72 Å². The fourth-order valence-corrected chi connectivity index (χ4v) is 3.51. The van der Waals surface area contributed by atoms with Crippen LogP contribution in [0.3, 0.4) is 0 Å². The zero-order valence-corrected chi connectivity index (χ0v) is 13.8. The Morgan fingerprint density at radius 3 is 2.92 bits per heavy atom. The van der Waals surface area contributed by atoms with Crippen LogP contribution >= 0.6 is 0 Å².